The van der Waals surface area contributed by atoms with E-state index in [1.807, 2.05) is 63.2 Å². The van der Waals surface area contributed by atoms with Gasteiger partial charge in [-0.2, -0.15) is 0 Å². The quantitative estimate of drug-likeness (QED) is 0.457. The van der Waals surface area contributed by atoms with Gasteiger partial charge in [0.1, 0.15) is 0 Å². The van der Waals surface area contributed by atoms with E-state index in [1.54, 1.807) is 0 Å². The van der Waals surface area contributed by atoms with Crippen molar-refractivity contribution < 1.29 is 14.3 Å². The Balaban J connectivity index is 1.59. The van der Waals surface area contributed by atoms with Crippen molar-refractivity contribution in [2.75, 3.05) is 18.7 Å². The molecule has 0 spiro atoms. The summed E-state index contributed by atoms with van der Waals surface area (Å²) >= 11 is 0. The second-order valence-electron chi connectivity index (χ2n) is 7.58. The molecule has 3 rings (SSSR count). The molecule has 0 radical (unpaired) electrons. The average Bonchev–Trinajstić information content (AvgIpc) is 3.17. The predicted octanol–water partition coefficient (Wildman–Crippen LogP) is 3.66. The third-order valence-electron chi connectivity index (χ3n) is 4.47. The SMILES string of the molecule is CCNC(=NCc1cccc(NC(=O)CC(C)C)c1)NCc1ccc2c(c1)OCO2. The maximum Gasteiger partial charge on any atom is 0.231 e. The van der Waals surface area contributed by atoms with Crippen LogP contribution in [0.25, 0.3) is 0 Å². The van der Waals surface area contributed by atoms with Crippen molar-refractivity contribution in [1.82, 2.24) is 10.6 Å². The fraction of sp³-hybridized carbons (Fsp3) is 0.391. The van der Waals surface area contributed by atoms with Gasteiger partial charge in [-0.1, -0.05) is 32.0 Å². The Morgan fingerprint density at radius 2 is 1.90 bits per heavy atom. The van der Waals surface area contributed by atoms with Gasteiger partial charge >= 0.3 is 0 Å². The van der Waals surface area contributed by atoms with Gasteiger partial charge in [0.25, 0.3) is 0 Å². The van der Waals surface area contributed by atoms with E-state index in [9.17, 15) is 4.79 Å². The molecule has 2 aromatic rings. The predicted molar refractivity (Wildman–Crippen MR) is 119 cm³/mol. The lowest BCUT2D eigenvalue weighted by atomic mass is 10.1. The van der Waals surface area contributed by atoms with Gasteiger partial charge in [0.15, 0.2) is 17.5 Å². The van der Waals surface area contributed by atoms with Crippen LogP contribution < -0.4 is 25.4 Å². The number of fused-ring (bicyclic) bond motifs is 1. The molecule has 7 heteroatoms. The van der Waals surface area contributed by atoms with Crippen molar-refractivity contribution in [3.63, 3.8) is 0 Å². The summed E-state index contributed by atoms with van der Waals surface area (Å²) in [6, 6.07) is 13.7. The lowest BCUT2D eigenvalue weighted by Gasteiger charge is -2.12. The van der Waals surface area contributed by atoms with E-state index in [2.05, 4.69) is 20.9 Å². The minimum absolute atomic E-state index is 0.0318. The highest BCUT2D eigenvalue weighted by Gasteiger charge is 2.13. The Labute approximate surface area is 177 Å². The van der Waals surface area contributed by atoms with Crippen LogP contribution in [-0.2, 0) is 17.9 Å². The maximum absolute atomic E-state index is 12.0. The Kier molecular flexibility index (Phi) is 7.54. The van der Waals surface area contributed by atoms with E-state index in [-0.39, 0.29) is 12.7 Å². The van der Waals surface area contributed by atoms with E-state index < -0.39 is 0 Å². The highest BCUT2D eigenvalue weighted by molar-refractivity contribution is 5.90. The molecule has 30 heavy (non-hydrogen) atoms. The van der Waals surface area contributed by atoms with Crippen LogP contribution in [0.5, 0.6) is 11.5 Å². The molecule has 1 heterocycles. The normalized spacial score (nSPS) is 12.7. The van der Waals surface area contributed by atoms with Crippen LogP contribution in [0.15, 0.2) is 47.5 Å². The Morgan fingerprint density at radius 3 is 2.70 bits per heavy atom. The maximum atomic E-state index is 12.0. The van der Waals surface area contributed by atoms with Crippen molar-refractivity contribution in [1.29, 1.82) is 0 Å². The van der Waals surface area contributed by atoms with Crippen LogP contribution in [0.1, 0.15) is 38.3 Å². The van der Waals surface area contributed by atoms with E-state index in [1.165, 1.54) is 0 Å². The van der Waals surface area contributed by atoms with E-state index in [0.29, 0.717) is 25.4 Å². The van der Waals surface area contributed by atoms with Crippen molar-refractivity contribution >= 4 is 17.6 Å². The highest BCUT2D eigenvalue weighted by Crippen LogP contribution is 2.32. The topological polar surface area (TPSA) is 84.0 Å². The van der Waals surface area contributed by atoms with Crippen molar-refractivity contribution in [2.24, 2.45) is 10.9 Å². The second kappa shape index (κ2) is 10.5. The first-order chi connectivity index (χ1) is 14.5. The summed E-state index contributed by atoms with van der Waals surface area (Å²) in [5.41, 5.74) is 2.91. The minimum atomic E-state index is 0.0318. The molecule has 1 aliphatic rings. The molecule has 1 aliphatic heterocycles. The first-order valence-corrected chi connectivity index (χ1v) is 10.3. The van der Waals surface area contributed by atoms with Crippen molar-refractivity contribution in [3.05, 3.63) is 53.6 Å². The molecule has 3 N–H and O–H groups in total. The van der Waals surface area contributed by atoms with Gasteiger partial charge in [-0.05, 0) is 48.2 Å². The summed E-state index contributed by atoms with van der Waals surface area (Å²) < 4.78 is 10.8. The number of aliphatic imine (C=N–C) groups is 1. The van der Waals surface area contributed by atoms with Crippen LogP contribution in [0.4, 0.5) is 5.69 Å². The number of nitrogens with one attached hydrogen (secondary N) is 3. The largest absolute Gasteiger partial charge is 0.454 e. The van der Waals surface area contributed by atoms with Crippen molar-refractivity contribution in [3.8, 4) is 11.5 Å². The molecule has 0 aromatic heterocycles. The third-order valence-corrected chi connectivity index (χ3v) is 4.47. The summed E-state index contributed by atoms with van der Waals surface area (Å²) in [6.07, 6.45) is 0.511. The first kappa shape index (κ1) is 21.5. The van der Waals surface area contributed by atoms with Crippen LogP contribution in [0.3, 0.4) is 0 Å². The molecule has 0 saturated heterocycles. The molecule has 0 aliphatic carbocycles. The van der Waals surface area contributed by atoms with Gasteiger partial charge in [-0.25, -0.2) is 4.99 Å². The smallest absolute Gasteiger partial charge is 0.231 e. The number of carbonyl (C=O) groups excluding carboxylic acids is 1. The van der Waals surface area contributed by atoms with Gasteiger partial charge in [-0.3, -0.25) is 4.79 Å². The van der Waals surface area contributed by atoms with E-state index in [4.69, 9.17) is 9.47 Å². The molecular formula is C23H30N4O3. The number of benzene rings is 2. The Morgan fingerprint density at radius 1 is 1.07 bits per heavy atom. The molecule has 7 nitrogen and oxygen atoms in total. The molecule has 0 atom stereocenters. The minimum Gasteiger partial charge on any atom is -0.454 e. The number of hydrogen-bond acceptors (Lipinski definition) is 4. The summed E-state index contributed by atoms with van der Waals surface area (Å²) in [4.78, 5) is 16.7. The number of hydrogen-bond donors (Lipinski definition) is 3. The van der Waals surface area contributed by atoms with Crippen molar-refractivity contribution in [2.45, 2.75) is 40.3 Å². The number of anilines is 1. The number of ether oxygens (including phenoxy) is 2. The molecule has 0 saturated carbocycles. The van der Waals surface area contributed by atoms with Gasteiger partial charge in [0.2, 0.25) is 12.7 Å². The van der Waals surface area contributed by atoms with Gasteiger partial charge in [-0.15, -0.1) is 0 Å². The highest BCUT2D eigenvalue weighted by atomic mass is 16.7. The molecule has 0 fully saturated rings. The summed E-state index contributed by atoms with van der Waals surface area (Å²) in [6.45, 7) is 8.25. The summed E-state index contributed by atoms with van der Waals surface area (Å²) in [5.74, 6) is 2.64. The average molecular weight is 411 g/mol. The lowest BCUT2D eigenvalue weighted by Crippen LogP contribution is -2.36. The fourth-order valence-corrected chi connectivity index (χ4v) is 3.08. The first-order valence-electron chi connectivity index (χ1n) is 10.3. The molecule has 1 amide bonds. The zero-order valence-electron chi connectivity index (χ0n) is 17.8. The summed E-state index contributed by atoms with van der Waals surface area (Å²) in [7, 11) is 0. The molecular weight excluding hydrogens is 380 g/mol. The standard InChI is InChI=1S/C23H30N4O3/c1-4-24-23(26-14-18-8-9-20-21(12-18)30-15-29-20)25-13-17-6-5-7-19(11-17)27-22(28)10-16(2)3/h5-9,11-12,16H,4,10,13-15H2,1-3H3,(H,27,28)(H2,24,25,26). The van der Waals surface area contributed by atoms with Crippen LogP contribution in [-0.4, -0.2) is 25.2 Å². The summed E-state index contributed by atoms with van der Waals surface area (Å²) in [5, 5.41) is 9.55. The van der Waals surface area contributed by atoms with Gasteiger partial charge in [0, 0.05) is 25.2 Å². The molecule has 0 bridgehead atoms. The number of amides is 1. The molecule has 0 unspecified atom stereocenters. The van der Waals surface area contributed by atoms with Crippen LogP contribution in [0.2, 0.25) is 0 Å². The zero-order chi connectivity index (χ0) is 21.3. The molecule has 2 aromatic carbocycles. The van der Waals surface area contributed by atoms with Gasteiger partial charge < -0.3 is 25.4 Å². The van der Waals surface area contributed by atoms with E-state index in [0.717, 1.165) is 40.8 Å². The Hall–Kier alpha value is -3.22. The van der Waals surface area contributed by atoms with E-state index >= 15 is 0 Å². The number of nitrogens with zero attached hydrogens (tertiary/aromatic N) is 1. The third kappa shape index (κ3) is 6.40. The second-order valence-corrected chi connectivity index (χ2v) is 7.58. The lowest BCUT2D eigenvalue weighted by molar-refractivity contribution is -0.116. The van der Waals surface area contributed by atoms with Gasteiger partial charge in [0.05, 0.1) is 6.54 Å². The number of guanidine groups is 1. The zero-order valence-corrected chi connectivity index (χ0v) is 17.8. The van der Waals surface area contributed by atoms with Crippen LogP contribution in [0, 0.1) is 5.92 Å². The number of rotatable bonds is 8. The Bertz CT molecular complexity index is 896. The number of carbonyl (C=O) groups is 1. The van der Waals surface area contributed by atoms with Crippen LogP contribution >= 0.6 is 0 Å². The molecule has 160 valence electrons. The monoisotopic (exact) mass is 410 g/mol. The fourth-order valence-electron chi connectivity index (χ4n) is 3.08.